The Hall–Kier alpha value is -3.81. The number of nitrogens with zero attached hydrogens (tertiary/aromatic N) is 2. The van der Waals surface area contributed by atoms with Gasteiger partial charge in [-0.3, -0.25) is 4.55 Å². The van der Waals surface area contributed by atoms with Gasteiger partial charge in [0.1, 0.15) is 36.1 Å². The van der Waals surface area contributed by atoms with E-state index in [1.807, 2.05) is 0 Å². The molecule has 0 unspecified atom stereocenters. The highest BCUT2D eigenvalue weighted by atomic mass is 32.2. The maximum atomic E-state index is 13.5. The minimum absolute atomic E-state index is 0.0537. The van der Waals surface area contributed by atoms with Gasteiger partial charge in [-0.25, -0.2) is 17.7 Å². The van der Waals surface area contributed by atoms with Gasteiger partial charge in [-0.2, -0.15) is 8.42 Å². The lowest BCUT2D eigenvalue weighted by atomic mass is 9.82. The van der Waals surface area contributed by atoms with E-state index in [-0.39, 0.29) is 36.8 Å². The second kappa shape index (κ2) is 15.4. The molecule has 0 bridgehead atoms. The van der Waals surface area contributed by atoms with Crippen LogP contribution in [0.25, 0.3) is 5.57 Å². The Morgan fingerprint density at radius 1 is 0.815 bits per heavy atom. The lowest BCUT2D eigenvalue weighted by molar-refractivity contribution is 0.0215. The fourth-order valence-electron chi connectivity index (χ4n) is 8.80. The molecule has 54 heavy (non-hydrogen) atoms. The second-order valence-electron chi connectivity index (χ2n) is 14.4. The van der Waals surface area contributed by atoms with Crippen LogP contribution in [0.1, 0.15) is 59.1 Å². The minimum atomic E-state index is -4.91. The van der Waals surface area contributed by atoms with Crippen molar-refractivity contribution in [1.82, 2.24) is 9.30 Å². The third kappa shape index (κ3) is 7.07. The standard InChI is InChI=1S/C40H45N3O9S2/c1-2-18-49-20-22-51-23-21-50-19-13-41-53(44,45)29-11-12-30(35(26-29)54(46,47)48)36-33-24-27-7-3-14-42-16-5-9-31(37(27)42)39(33)52-40-32-10-6-17-43-15-4-8-28(38(32)43)25-34(36)40/h1,11-12,24-26,41H,3-10,13-23H2/p+1. The van der Waals surface area contributed by atoms with Crippen LogP contribution < -0.4 is 29.5 Å². The Morgan fingerprint density at radius 3 is 2.30 bits per heavy atom. The summed E-state index contributed by atoms with van der Waals surface area (Å²) >= 11 is 0. The molecule has 5 aliphatic heterocycles. The van der Waals surface area contributed by atoms with Crippen molar-refractivity contribution in [3.05, 3.63) is 74.3 Å². The van der Waals surface area contributed by atoms with Gasteiger partial charge >= 0.3 is 0 Å². The van der Waals surface area contributed by atoms with Gasteiger partial charge in [0.25, 0.3) is 10.1 Å². The van der Waals surface area contributed by atoms with Crippen molar-refractivity contribution in [3.63, 3.8) is 0 Å². The van der Waals surface area contributed by atoms with Gasteiger partial charge in [0.15, 0.2) is 0 Å². The summed E-state index contributed by atoms with van der Waals surface area (Å²) < 4.78 is 92.4. The van der Waals surface area contributed by atoms with Gasteiger partial charge < -0.3 is 23.8 Å². The van der Waals surface area contributed by atoms with Gasteiger partial charge in [0, 0.05) is 71.2 Å². The zero-order valence-corrected chi connectivity index (χ0v) is 32.0. The first-order valence-corrected chi connectivity index (χ1v) is 21.8. The van der Waals surface area contributed by atoms with E-state index >= 15 is 0 Å². The average molecular weight is 777 g/mol. The predicted molar refractivity (Wildman–Crippen MR) is 203 cm³/mol. The molecule has 12 nitrogen and oxygen atoms in total. The Labute approximate surface area is 316 Å². The van der Waals surface area contributed by atoms with E-state index in [9.17, 15) is 21.4 Å². The lowest BCUT2D eigenvalue weighted by Gasteiger charge is -2.39. The van der Waals surface area contributed by atoms with Gasteiger partial charge in [-0.1, -0.05) is 12.0 Å². The highest BCUT2D eigenvalue weighted by molar-refractivity contribution is 7.89. The molecule has 2 N–H and O–H groups in total. The third-order valence-electron chi connectivity index (χ3n) is 11.0. The molecule has 0 aromatic heterocycles. The summed E-state index contributed by atoms with van der Waals surface area (Å²) in [6.07, 6.45) is 12.6. The van der Waals surface area contributed by atoms with Crippen molar-refractivity contribution in [2.45, 2.75) is 61.2 Å². The lowest BCUT2D eigenvalue weighted by Crippen LogP contribution is -2.45. The van der Waals surface area contributed by atoms with Crippen molar-refractivity contribution in [3.8, 4) is 23.8 Å². The van der Waals surface area contributed by atoms with E-state index in [0.29, 0.717) is 25.4 Å². The summed E-state index contributed by atoms with van der Waals surface area (Å²) in [5.41, 5.74) is 7.54. The zero-order valence-electron chi connectivity index (χ0n) is 30.3. The first kappa shape index (κ1) is 37.1. The topological polar surface area (TPSA) is 144 Å². The molecule has 14 heteroatoms. The van der Waals surface area contributed by atoms with Crippen molar-refractivity contribution < 1.29 is 40.3 Å². The Bertz CT molecular complexity index is 2380. The van der Waals surface area contributed by atoms with E-state index in [4.69, 9.17) is 25.4 Å². The normalized spacial score (nSPS) is 17.2. The molecule has 3 aromatic carbocycles. The number of terminal acetylenes is 1. The molecule has 0 saturated heterocycles. The van der Waals surface area contributed by atoms with Crippen LogP contribution in [0.3, 0.4) is 0 Å². The quantitative estimate of drug-likeness (QED) is 0.0849. The van der Waals surface area contributed by atoms with Crippen LogP contribution >= 0.6 is 0 Å². The molecule has 0 radical (unpaired) electrons. The van der Waals surface area contributed by atoms with Crippen molar-refractivity contribution in [1.29, 1.82) is 0 Å². The number of hydrogen-bond acceptors (Lipinski definition) is 9. The molecule has 0 amide bonds. The number of ether oxygens (including phenoxy) is 4. The summed E-state index contributed by atoms with van der Waals surface area (Å²) in [6, 6.07) is 8.25. The number of sulfonamides is 1. The summed E-state index contributed by atoms with van der Waals surface area (Å²) in [5.74, 6) is 3.84. The van der Waals surface area contributed by atoms with Crippen LogP contribution in [-0.4, -0.2) is 93.8 Å². The monoisotopic (exact) mass is 776 g/mol. The van der Waals surface area contributed by atoms with Crippen molar-refractivity contribution in [2.75, 3.05) is 77.3 Å². The fourth-order valence-corrected chi connectivity index (χ4v) is 10.6. The molecule has 0 fully saturated rings. The van der Waals surface area contributed by atoms with Crippen molar-refractivity contribution in [2.24, 2.45) is 0 Å². The largest absolute Gasteiger partial charge is 0.455 e. The van der Waals surface area contributed by atoms with Gasteiger partial charge in [-0.15, -0.1) is 6.42 Å². The minimum Gasteiger partial charge on any atom is -0.455 e. The summed E-state index contributed by atoms with van der Waals surface area (Å²) in [5, 5.41) is 2.00. The Kier molecular flexibility index (Phi) is 10.6. The number of aryl methyl sites for hydroxylation is 2. The van der Waals surface area contributed by atoms with Crippen LogP contribution in [0.4, 0.5) is 5.69 Å². The first-order chi connectivity index (χ1) is 26.2. The molecule has 0 saturated carbocycles. The zero-order chi connectivity index (χ0) is 37.5. The van der Waals surface area contributed by atoms with Crippen LogP contribution in [0.15, 0.2) is 40.1 Å². The number of anilines is 1. The second-order valence-corrected chi connectivity index (χ2v) is 17.5. The van der Waals surface area contributed by atoms with E-state index in [1.54, 1.807) is 0 Å². The molecular formula is C40H46N3O9S2+. The summed E-state index contributed by atoms with van der Waals surface area (Å²) in [7, 11) is -9.08. The molecular weight excluding hydrogens is 731 g/mol. The van der Waals surface area contributed by atoms with Gasteiger partial charge in [0.05, 0.1) is 43.5 Å². The van der Waals surface area contributed by atoms with E-state index in [1.165, 1.54) is 34.3 Å². The maximum Gasteiger partial charge on any atom is 0.295 e. The molecule has 8 rings (SSSR count). The Morgan fingerprint density at radius 2 is 1.52 bits per heavy atom. The number of nitrogens with one attached hydrogen (secondary N) is 1. The van der Waals surface area contributed by atoms with Gasteiger partial charge in [-0.05, 0) is 68.4 Å². The summed E-state index contributed by atoms with van der Waals surface area (Å²) in [4.78, 5) is 1.69. The van der Waals surface area contributed by atoms with Gasteiger partial charge in [0.2, 0.25) is 15.4 Å². The first-order valence-electron chi connectivity index (χ1n) is 18.9. The highest BCUT2D eigenvalue weighted by Crippen LogP contribution is 2.49. The number of fused-ring (bicyclic) bond motifs is 4. The fraction of sp³-hybridized carbons (Fsp3) is 0.475. The third-order valence-corrected chi connectivity index (χ3v) is 13.3. The average Bonchev–Trinajstić information content (AvgIpc) is 3.16. The van der Waals surface area contributed by atoms with Crippen LogP contribution in [0, 0.1) is 12.3 Å². The molecule has 286 valence electrons. The highest BCUT2D eigenvalue weighted by Gasteiger charge is 2.37. The van der Waals surface area contributed by atoms with E-state index in [0.717, 1.165) is 117 Å². The van der Waals surface area contributed by atoms with E-state index < -0.39 is 25.0 Å². The Balaban J connectivity index is 1.18. The molecule has 0 atom stereocenters. The molecule has 5 aliphatic rings. The molecule has 5 heterocycles. The molecule has 3 aromatic rings. The van der Waals surface area contributed by atoms with Crippen molar-refractivity contribution >= 4 is 31.4 Å². The maximum absolute atomic E-state index is 13.5. The summed E-state index contributed by atoms with van der Waals surface area (Å²) in [6.45, 7) is 5.45. The van der Waals surface area contributed by atoms with E-state index in [2.05, 4.69) is 32.3 Å². The van der Waals surface area contributed by atoms with Crippen LogP contribution in [0.2, 0.25) is 0 Å². The van der Waals surface area contributed by atoms with Crippen LogP contribution in [-0.2, 0) is 60.0 Å². The number of benzene rings is 3. The van der Waals surface area contributed by atoms with Crippen LogP contribution in [0.5, 0.6) is 11.5 Å². The molecule has 0 spiro atoms. The molecule has 0 aliphatic carbocycles. The smallest absolute Gasteiger partial charge is 0.295 e. The predicted octanol–water partition coefficient (Wildman–Crippen LogP) is 2.33. The number of hydrogen-bond donors (Lipinski definition) is 2. The SMILES string of the molecule is C#CCOCCOCCOCCNS(=O)(=O)c1ccc(C2=c3cc4c5c(c3Oc3c2cc2c6c3CCCN6CCC2)CCC[N+]=5CCC4)c(S(=O)(=O)O)c1. The number of rotatable bonds is 14.